The minimum atomic E-state index is 0.381. The lowest BCUT2D eigenvalue weighted by Gasteiger charge is -2.16. The van der Waals surface area contributed by atoms with Crippen molar-refractivity contribution in [2.45, 2.75) is 0 Å². The second-order valence-electron chi connectivity index (χ2n) is 36.2. The number of hydrogen-bond acceptors (Lipinski definition) is 7. The summed E-state index contributed by atoms with van der Waals surface area (Å²) in [7, 11) is 0. The predicted octanol–water partition coefficient (Wildman–Crippen LogP) is 32.6. The summed E-state index contributed by atoms with van der Waals surface area (Å²) in [6, 6.07) is 174. The molecule has 0 atom stereocenters. The quantitative estimate of drug-likeness (QED) is 0.125. The Hall–Kier alpha value is -20.2. The van der Waals surface area contributed by atoms with Gasteiger partial charge in [-0.05, 0) is 203 Å². The van der Waals surface area contributed by atoms with Crippen molar-refractivity contribution in [3.63, 3.8) is 0 Å². The van der Waals surface area contributed by atoms with Gasteiger partial charge in [-0.25, -0.2) is 19.9 Å². The van der Waals surface area contributed by atoms with Gasteiger partial charge in [-0.2, -0.15) is 15.8 Å². The first-order valence-corrected chi connectivity index (χ1v) is 48.2. The molecule has 0 bridgehead atoms. The van der Waals surface area contributed by atoms with Gasteiger partial charge in [0.1, 0.15) is 23.8 Å². The van der Waals surface area contributed by atoms with Crippen LogP contribution in [0.15, 0.2) is 479 Å². The summed E-state index contributed by atoms with van der Waals surface area (Å²) in [5, 5.41) is 47.4. The Morgan fingerprint density at radius 3 is 0.840 bits per heavy atom. The number of hydrogen-bond donors (Lipinski definition) is 0. The van der Waals surface area contributed by atoms with Crippen LogP contribution in [0.1, 0.15) is 16.8 Å². The summed E-state index contributed by atoms with van der Waals surface area (Å²) >= 11 is 0. The molecule has 0 spiro atoms. The number of nitriles is 3. The fraction of sp³-hybridized carbons (Fsp3) is 0. The summed E-state index contributed by atoms with van der Waals surface area (Å²) < 4.78 is 13.9. The zero-order valence-electron chi connectivity index (χ0n) is 77.4. The third kappa shape index (κ3) is 13.2. The van der Waals surface area contributed by atoms with Gasteiger partial charge in [-0.1, -0.05) is 315 Å². The van der Waals surface area contributed by atoms with Gasteiger partial charge in [-0.15, -0.1) is 0 Å². The number of aromatic nitrogens is 10. The van der Waals surface area contributed by atoms with E-state index in [1.54, 1.807) is 0 Å². The summed E-state index contributed by atoms with van der Waals surface area (Å²) in [6.45, 7) is 0. The van der Waals surface area contributed by atoms with Crippen molar-refractivity contribution in [1.82, 2.24) is 47.3 Å². The van der Waals surface area contributed by atoms with Crippen molar-refractivity contribution in [3.8, 4) is 108 Å². The van der Waals surface area contributed by atoms with Crippen molar-refractivity contribution in [2.24, 2.45) is 0 Å². The van der Waals surface area contributed by atoms with Gasteiger partial charge in [0.05, 0.1) is 99.9 Å². The third-order valence-corrected chi connectivity index (χ3v) is 28.5. The molecule has 0 radical (unpaired) electrons. The molecule has 0 aliphatic heterocycles. The molecule has 20 aromatic carbocycles. The van der Waals surface area contributed by atoms with Crippen LogP contribution in [0.3, 0.4) is 0 Å². The molecule has 668 valence electrons. The molecule has 0 fully saturated rings. The minimum absolute atomic E-state index is 0.381. The number of para-hydroxylation sites is 12. The van der Waals surface area contributed by atoms with Crippen LogP contribution in [0.4, 0.5) is 0 Å². The van der Waals surface area contributed by atoms with E-state index in [4.69, 9.17) is 15.0 Å². The molecule has 0 unspecified atom stereocenters. The average molecular weight is 1840 g/mol. The minimum Gasteiger partial charge on any atom is -0.309 e. The van der Waals surface area contributed by atoms with Crippen LogP contribution < -0.4 is 0 Å². The Morgan fingerprint density at radius 2 is 0.472 bits per heavy atom. The highest BCUT2D eigenvalue weighted by Crippen LogP contribution is 2.51. The number of nitrogens with zero attached hydrogens (tertiary/aromatic N) is 13. The molecule has 0 saturated heterocycles. The van der Waals surface area contributed by atoms with Crippen LogP contribution in [0.5, 0.6) is 0 Å². The lowest BCUT2D eigenvalue weighted by atomic mass is 9.95. The van der Waals surface area contributed by atoms with E-state index in [2.05, 4.69) is 421 Å². The maximum atomic E-state index is 10.7. The predicted molar refractivity (Wildman–Crippen MR) is 590 cm³/mol. The highest BCUT2D eigenvalue weighted by molar-refractivity contribution is 6.26. The average Bonchev–Trinajstić information content (AvgIpc) is 1.67. The molecule has 13 heteroatoms. The Kier molecular flexibility index (Phi) is 19.8. The fourth-order valence-electron chi connectivity index (χ4n) is 22.6. The zero-order chi connectivity index (χ0) is 95.6. The van der Waals surface area contributed by atoms with Crippen molar-refractivity contribution < 1.29 is 0 Å². The normalized spacial score (nSPS) is 11.6. The summed E-state index contributed by atoms with van der Waals surface area (Å²) in [4.78, 5) is 19.8. The van der Waals surface area contributed by atoms with E-state index in [0.29, 0.717) is 22.6 Å². The van der Waals surface area contributed by atoms with Gasteiger partial charge in [0.2, 0.25) is 0 Å². The molecule has 0 aliphatic carbocycles. The largest absolute Gasteiger partial charge is 0.309 e. The first kappa shape index (κ1) is 83.2. The maximum Gasteiger partial charge on any atom is 0.161 e. The summed E-state index contributed by atoms with van der Waals surface area (Å²) in [5.41, 5.74) is 31.7. The second kappa shape index (κ2) is 34.2. The van der Waals surface area contributed by atoms with Crippen molar-refractivity contribution in [2.75, 3.05) is 0 Å². The van der Waals surface area contributed by atoms with Crippen LogP contribution in [0.25, 0.3) is 254 Å². The van der Waals surface area contributed by atoms with E-state index in [9.17, 15) is 15.8 Å². The summed E-state index contributed by atoms with van der Waals surface area (Å²) in [5.74, 6) is 2.02. The molecule has 13 nitrogen and oxygen atoms in total. The lowest BCUT2D eigenvalue weighted by Crippen LogP contribution is -2.04. The Labute approximate surface area is 825 Å². The smallest absolute Gasteiger partial charge is 0.161 e. The summed E-state index contributed by atoms with van der Waals surface area (Å²) in [6.07, 6.45) is 0. The molecule has 0 amide bonds. The Morgan fingerprint density at radius 1 is 0.188 bits per heavy atom. The van der Waals surface area contributed by atoms with Crippen molar-refractivity contribution in [3.05, 3.63) is 496 Å². The first-order valence-electron chi connectivity index (χ1n) is 48.2. The SMILES string of the molecule is N#Cc1c(-c2ccccc2)c(-n2c3ccccc3c3c(-c4cccc5c4c4ccccc4n5-c4ccccc4)cccc32)nc2ccccc12.N#Cc1cc(-n2c3ccccc3c3c(-c4cccc5c4c4ccccc4n5-c4ccccc4)cccc32)nc2ccccc12.N#Cc1nc(-c2ccc(-n3c4ccccc4c4c(-c5cccc6c5c5ccccc5n6-c5ccccc5)cccc43)cc2)nc2ccccc12. The molecule has 29 rings (SSSR count). The highest BCUT2D eigenvalue weighted by atomic mass is 15.1. The van der Waals surface area contributed by atoms with Gasteiger partial charge in [0.15, 0.2) is 11.5 Å². The molecule has 29 aromatic rings. The molecular weight excluding hydrogens is 1760 g/mol. The van der Waals surface area contributed by atoms with Crippen LogP contribution >= 0.6 is 0 Å². The maximum absolute atomic E-state index is 10.7. The molecule has 144 heavy (non-hydrogen) atoms. The van der Waals surface area contributed by atoms with E-state index in [-0.39, 0.29) is 0 Å². The number of pyridine rings is 2. The van der Waals surface area contributed by atoms with E-state index in [0.717, 1.165) is 144 Å². The van der Waals surface area contributed by atoms with Gasteiger partial charge >= 0.3 is 0 Å². The van der Waals surface area contributed by atoms with Crippen LogP contribution in [0.2, 0.25) is 0 Å². The van der Waals surface area contributed by atoms with Gasteiger partial charge in [0, 0.05) is 115 Å². The van der Waals surface area contributed by atoms with Gasteiger partial charge in [0.25, 0.3) is 0 Å². The molecule has 9 aromatic heterocycles. The van der Waals surface area contributed by atoms with E-state index in [1.165, 1.54) is 104 Å². The standard InChI is InChI=1S/C46H28N4.C45H27N5.C40H24N4/c47-29-37-32-19-7-10-24-38(32)48-46(43(37)30-15-3-1-4-16-30)50-40-26-12-9-21-36(40)45-34(23-14-28-42(45)50)33-22-13-27-41-44(33)35-20-8-11-25-39(35)49(41)31-17-5-2-6-18-31;46-28-38-34-14-4-7-19-37(34)47-45(48-38)29-24-26-31(27-25-29)50-40-21-9-6-16-36(40)44-33(18-11-23-42(44)50)32-17-10-22-41-43(32)35-15-5-8-20-39(35)49(41)30-12-2-1-3-13-30;41-25-26-24-38(42-33-19-7-4-14-28(26)33)44-35-21-9-6-16-32(35)40-30(18-11-23-37(40)44)29-17-10-22-36-39(29)31-15-5-8-20-34(31)43(36)27-12-2-1-3-13-27/h1-28H;1-27H;1-24H. The monoisotopic (exact) mass is 1830 g/mol. The van der Waals surface area contributed by atoms with Gasteiger partial charge in [-0.3, -0.25) is 9.13 Å². The van der Waals surface area contributed by atoms with E-state index < -0.39 is 0 Å². The highest BCUT2D eigenvalue weighted by Gasteiger charge is 2.29. The van der Waals surface area contributed by atoms with Crippen molar-refractivity contribution in [1.29, 1.82) is 15.8 Å². The third-order valence-electron chi connectivity index (χ3n) is 28.5. The fourth-order valence-corrected chi connectivity index (χ4v) is 22.6. The number of rotatable bonds is 11. The Balaban J connectivity index is 0.000000108. The van der Waals surface area contributed by atoms with Crippen LogP contribution in [-0.2, 0) is 0 Å². The molecular formula is C131H79N13. The van der Waals surface area contributed by atoms with E-state index in [1.807, 2.05) is 109 Å². The van der Waals surface area contributed by atoms with Gasteiger partial charge < -0.3 is 18.3 Å². The molecule has 0 N–H and O–H groups in total. The molecule has 9 heterocycles. The molecule has 0 saturated carbocycles. The van der Waals surface area contributed by atoms with Crippen LogP contribution in [-0.4, -0.2) is 47.3 Å². The zero-order valence-corrected chi connectivity index (χ0v) is 77.4. The molecule has 0 aliphatic rings. The topological polar surface area (TPSA) is 153 Å². The Bertz CT molecular complexity index is 10500. The number of benzene rings is 20. The number of fused-ring (bicyclic) bond motifs is 21. The lowest BCUT2D eigenvalue weighted by molar-refractivity contribution is 1.10. The van der Waals surface area contributed by atoms with E-state index >= 15 is 0 Å². The second-order valence-corrected chi connectivity index (χ2v) is 36.2. The first-order chi connectivity index (χ1) is 71.4. The van der Waals surface area contributed by atoms with Crippen molar-refractivity contribution >= 4 is 164 Å². The van der Waals surface area contributed by atoms with Crippen LogP contribution in [0, 0.1) is 34.0 Å².